The third kappa shape index (κ3) is 1.68. The van der Waals surface area contributed by atoms with Crippen molar-refractivity contribution in [1.29, 1.82) is 0 Å². The molecule has 5 heteroatoms. The van der Waals surface area contributed by atoms with Gasteiger partial charge < -0.3 is 15.4 Å². The van der Waals surface area contributed by atoms with E-state index in [0.717, 1.165) is 17.8 Å². The van der Waals surface area contributed by atoms with Gasteiger partial charge >= 0.3 is 0 Å². The average molecular weight is 262 g/mol. The number of nitrogens with zero attached hydrogens (tertiary/aromatic N) is 3. The van der Waals surface area contributed by atoms with E-state index in [-0.39, 0.29) is 12.1 Å². The van der Waals surface area contributed by atoms with Gasteiger partial charge in [0.2, 0.25) is 0 Å². The second-order valence-electron chi connectivity index (χ2n) is 6.95. The number of hydrogen-bond acceptors (Lipinski definition) is 4. The van der Waals surface area contributed by atoms with E-state index in [2.05, 4.69) is 14.8 Å². The summed E-state index contributed by atoms with van der Waals surface area (Å²) in [5.74, 6) is 3.29. The molecule has 5 nitrogen and oxygen atoms in total. The van der Waals surface area contributed by atoms with Crippen LogP contribution in [-0.2, 0) is 5.54 Å². The normalized spacial score (nSPS) is 41.7. The molecule has 3 N–H and O–H groups in total. The van der Waals surface area contributed by atoms with Crippen LogP contribution in [0.5, 0.6) is 0 Å². The van der Waals surface area contributed by atoms with Crippen LogP contribution in [0.1, 0.15) is 50.5 Å². The van der Waals surface area contributed by atoms with Gasteiger partial charge in [-0.05, 0) is 56.3 Å². The van der Waals surface area contributed by atoms with E-state index in [1.54, 1.807) is 0 Å². The summed E-state index contributed by atoms with van der Waals surface area (Å²) in [6.07, 6.45) is 9.09. The highest BCUT2D eigenvalue weighted by Gasteiger charge is 2.52. The molecule has 1 atom stereocenters. The molecular weight excluding hydrogens is 240 g/mol. The van der Waals surface area contributed by atoms with E-state index in [0.29, 0.717) is 5.82 Å². The molecule has 4 fully saturated rings. The number of hydrogen-bond donors (Lipinski definition) is 2. The highest BCUT2D eigenvalue weighted by molar-refractivity contribution is 5.09. The van der Waals surface area contributed by atoms with Crippen molar-refractivity contribution < 1.29 is 5.11 Å². The number of rotatable bonds is 3. The number of nitrogens with two attached hydrogens (primary N) is 1. The summed E-state index contributed by atoms with van der Waals surface area (Å²) in [5, 5.41) is 18.2. The fourth-order valence-corrected chi connectivity index (χ4v) is 5.30. The minimum Gasteiger partial charge on any atom is -0.384 e. The number of aromatic nitrogens is 3. The van der Waals surface area contributed by atoms with Gasteiger partial charge in [0.15, 0.2) is 5.82 Å². The van der Waals surface area contributed by atoms with Gasteiger partial charge in [0.1, 0.15) is 12.4 Å². The van der Waals surface area contributed by atoms with Crippen LogP contribution in [0.3, 0.4) is 0 Å². The van der Waals surface area contributed by atoms with Crippen LogP contribution in [0.15, 0.2) is 6.33 Å². The van der Waals surface area contributed by atoms with Crippen molar-refractivity contribution >= 4 is 0 Å². The van der Waals surface area contributed by atoms with E-state index in [9.17, 15) is 5.11 Å². The zero-order valence-corrected chi connectivity index (χ0v) is 11.2. The lowest BCUT2D eigenvalue weighted by molar-refractivity contribution is -0.0472. The van der Waals surface area contributed by atoms with Crippen LogP contribution in [0.25, 0.3) is 0 Å². The van der Waals surface area contributed by atoms with Crippen molar-refractivity contribution in [1.82, 2.24) is 14.8 Å². The molecule has 4 aliphatic carbocycles. The second-order valence-corrected chi connectivity index (χ2v) is 6.95. The smallest absolute Gasteiger partial charge is 0.163 e. The zero-order chi connectivity index (χ0) is 13.0. The van der Waals surface area contributed by atoms with Gasteiger partial charge in [-0.1, -0.05) is 0 Å². The molecule has 0 spiro atoms. The molecule has 0 amide bonds. The topological polar surface area (TPSA) is 77.0 Å². The van der Waals surface area contributed by atoms with E-state index < -0.39 is 6.10 Å². The van der Waals surface area contributed by atoms with Gasteiger partial charge in [-0.25, -0.2) is 0 Å². The van der Waals surface area contributed by atoms with Crippen LogP contribution < -0.4 is 5.73 Å². The predicted octanol–water partition coefficient (Wildman–Crippen LogP) is 1.20. The van der Waals surface area contributed by atoms with E-state index in [1.807, 2.05) is 6.33 Å². The lowest BCUT2D eigenvalue weighted by Crippen LogP contribution is -2.52. The Bertz CT molecular complexity index is 448. The van der Waals surface area contributed by atoms with E-state index in [1.165, 1.54) is 38.5 Å². The van der Waals surface area contributed by atoms with Crippen molar-refractivity contribution in [3.8, 4) is 0 Å². The predicted molar refractivity (Wildman–Crippen MR) is 70.2 cm³/mol. The third-order valence-electron chi connectivity index (χ3n) is 5.61. The molecule has 4 aliphatic rings. The SMILES string of the molecule is NCC(O)c1nncn1C12CC3CC(CC(C3)C1)C2. The first kappa shape index (κ1) is 11.9. The molecule has 1 aromatic rings. The third-order valence-corrected chi connectivity index (χ3v) is 5.61. The van der Waals surface area contributed by atoms with Crippen LogP contribution in [0.4, 0.5) is 0 Å². The summed E-state index contributed by atoms with van der Waals surface area (Å²) >= 11 is 0. The summed E-state index contributed by atoms with van der Waals surface area (Å²) in [6, 6.07) is 0. The molecule has 1 unspecified atom stereocenters. The number of aliphatic hydroxyl groups excluding tert-OH is 1. The molecule has 4 bridgehead atoms. The van der Waals surface area contributed by atoms with E-state index >= 15 is 0 Å². The van der Waals surface area contributed by atoms with Gasteiger partial charge in [-0.3, -0.25) is 0 Å². The number of aliphatic hydroxyl groups is 1. The fraction of sp³-hybridized carbons (Fsp3) is 0.857. The summed E-state index contributed by atoms with van der Waals surface area (Å²) in [6.45, 7) is 0.213. The van der Waals surface area contributed by atoms with Crippen molar-refractivity contribution in [2.75, 3.05) is 6.54 Å². The Hall–Kier alpha value is -0.940. The lowest BCUT2D eigenvalue weighted by Gasteiger charge is -2.57. The van der Waals surface area contributed by atoms with Crippen LogP contribution in [0.2, 0.25) is 0 Å². The summed E-state index contributed by atoms with van der Waals surface area (Å²) in [4.78, 5) is 0. The molecule has 0 aliphatic heterocycles. The van der Waals surface area contributed by atoms with Crippen LogP contribution in [0, 0.1) is 17.8 Å². The zero-order valence-electron chi connectivity index (χ0n) is 11.2. The summed E-state index contributed by atoms with van der Waals surface area (Å²) in [5.41, 5.74) is 5.76. The molecule has 19 heavy (non-hydrogen) atoms. The first-order chi connectivity index (χ1) is 9.20. The van der Waals surface area contributed by atoms with Gasteiger partial charge in [0, 0.05) is 12.1 Å². The Morgan fingerprint density at radius 3 is 2.37 bits per heavy atom. The van der Waals surface area contributed by atoms with E-state index in [4.69, 9.17) is 5.73 Å². The van der Waals surface area contributed by atoms with Gasteiger partial charge in [-0.15, -0.1) is 10.2 Å². The molecule has 1 aromatic heterocycles. The molecule has 104 valence electrons. The second kappa shape index (κ2) is 4.03. The standard InChI is InChI=1S/C14H22N4O/c15-7-12(19)13-17-16-8-18(13)14-4-9-1-10(5-14)3-11(2-9)6-14/h8-12,19H,1-7,15H2. The maximum Gasteiger partial charge on any atom is 0.163 e. The average Bonchev–Trinajstić information content (AvgIpc) is 2.86. The van der Waals surface area contributed by atoms with Crippen LogP contribution >= 0.6 is 0 Å². The van der Waals surface area contributed by atoms with Crippen molar-refractivity contribution in [3.63, 3.8) is 0 Å². The molecule has 0 aromatic carbocycles. The van der Waals surface area contributed by atoms with Gasteiger partial charge in [0.25, 0.3) is 0 Å². The first-order valence-corrected chi connectivity index (χ1v) is 7.49. The molecule has 0 radical (unpaired) electrons. The maximum absolute atomic E-state index is 10.1. The van der Waals surface area contributed by atoms with Crippen molar-refractivity contribution in [3.05, 3.63) is 12.2 Å². The monoisotopic (exact) mass is 262 g/mol. The van der Waals surface area contributed by atoms with Crippen molar-refractivity contribution in [2.24, 2.45) is 23.5 Å². The van der Waals surface area contributed by atoms with Gasteiger partial charge in [-0.2, -0.15) is 0 Å². The highest BCUT2D eigenvalue weighted by atomic mass is 16.3. The lowest BCUT2D eigenvalue weighted by atomic mass is 9.53. The minimum absolute atomic E-state index is 0.170. The summed E-state index contributed by atoms with van der Waals surface area (Å²) in [7, 11) is 0. The maximum atomic E-state index is 10.1. The summed E-state index contributed by atoms with van der Waals surface area (Å²) < 4.78 is 2.18. The Labute approximate surface area is 113 Å². The highest BCUT2D eigenvalue weighted by Crippen LogP contribution is 2.59. The Morgan fingerprint density at radius 1 is 1.26 bits per heavy atom. The largest absolute Gasteiger partial charge is 0.384 e. The molecule has 1 heterocycles. The van der Waals surface area contributed by atoms with Crippen LogP contribution in [-0.4, -0.2) is 26.4 Å². The molecule has 0 saturated heterocycles. The molecule has 4 saturated carbocycles. The Kier molecular flexibility index (Phi) is 2.51. The molecule has 5 rings (SSSR count). The fourth-order valence-electron chi connectivity index (χ4n) is 5.30. The minimum atomic E-state index is -0.685. The first-order valence-electron chi connectivity index (χ1n) is 7.49. The quantitative estimate of drug-likeness (QED) is 0.858. The van der Waals surface area contributed by atoms with Gasteiger partial charge in [0.05, 0.1) is 0 Å². The molecular formula is C14H22N4O. The Balaban J connectivity index is 1.74. The Morgan fingerprint density at radius 2 is 1.84 bits per heavy atom. The van der Waals surface area contributed by atoms with Crippen molar-refractivity contribution in [2.45, 2.75) is 50.2 Å².